The standard InChI is InChI=1S/C13H20N6O4S/c1-16(2)24(22,23)19-7-5-15-12(19)9-17(3)8-11-14-4-6-18(11)10-13(20)21/h4-7H,8-10H2,1-3H3,(H,20,21). The minimum Gasteiger partial charge on any atom is -0.480 e. The SMILES string of the molecule is CN(Cc1nccn1CC(=O)O)Cc1nccn1S(=O)(=O)N(C)C. The fourth-order valence-electron chi connectivity index (χ4n) is 2.14. The van der Waals surface area contributed by atoms with Gasteiger partial charge in [-0.1, -0.05) is 0 Å². The van der Waals surface area contributed by atoms with Gasteiger partial charge in [-0.05, 0) is 7.05 Å². The number of rotatable bonds is 8. The lowest BCUT2D eigenvalue weighted by atomic mass is 10.4. The lowest BCUT2D eigenvalue weighted by molar-refractivity contribution is -0.137. The smallest absolute Gasteiger partial charge is 0.323 e. The normalized spacial score (nSPS) is 12.2. The van der Waals surface area contributed by atoms with Gasteiger partial charge in [-0.2, -0.15) is 12.7 Å². The zero-order valence-corrected chi connectivity index (χ0v) is 14.5. The van der Waals surface area contributed by atoms with E-state index in [-0.39, 0.29) is 13.1 Å². The van der Waals surface area contributed by atoms with Crippen molar-refractivity contribution in [3.8, 4) is 0 Å². The Bertz CT molecular complexity index is 810. The molecule has 0 aliphatic heterocycles. The third-order valence-electron chi connectivity index (χ3n) is 3.32. The highest BCUT2D eigenvalue weighted by Crippen LogP contribution is 2.10. The van der Waals surface area contributed by atoms with Crippen molar-refractivity contribution in [3.05, 3.63) is 36.4 Å². The van der Waals surface area contributed by atoms with Gasteiger partial charge in [-0.3, -0.25) is 9.69 Å². The maximum absolute atomic E-state index is 12.2. The number of hydrogen-bond acceptors (Lipinski definition) is 6. The largest absolute Gasteiger partial charge is 0.480 e. The topological polar surface area (TPSA) is 114 Å². The molecule has 0 aromatic carbocycles. The molecule has 0 spiro atoms. The Morgan fingerprint density at radius 3 is 2.33 bits per heavy atom. The summed E-state index contributed by atoms with van der Waals surface area (Å²) in [6.07, 6.45) is 5.94. The molecule has 0 fully saturated rings. The summed E-state index contributed by atoms with van der Waals surface area (Å²) in [5.74, 6) is -0.0134. The Morgan fingerprint density at radius 1 is 1.12 bits per heavy atom. The van der Waals surface area contributed by atoms with E-state index in [0.29, 0.717) is 18.2 Å². The monoisotopic (exact) mass is 356 g/mol. The highest BCUT2D eigenvalue weighted by Gasteiger charge is 2.21. The fraction of sp³-hybridized carbons (Fsp3) is 0.462. The molecule has 0 bridgehead atoms. The Labute approximate surface area is 140 Å². The first kappa shape index (κ1) is 18.1. The van der Waals surface area contributed by atoms with Crippen LogP contribution in [0.25, 0.3) is 0 Å². The lowest BCUT2D eigenvalue weighted by Gasteiger charge is -2.19. The van der Waals surface area contributed by atoms with E-state index < -0.39 is 16.2 Å². The van der Waals surface area contributed by atoms with E-state index in [9.17, 15) is 13.2 Å². The van der Waals surface area contributed by atoms with Crippen LogP contribution in [-0.2, 0) is 34.6 Å². The Balaban J connectivity index is 2.12. The molecule has 24 heavy (non-hydrogen) atoms. The van der Waals surface area contributed by atoms with Crippen molar-refractivity contribution in [2.75, 3.05) is 21.1 Å². The van der Waals surface area contributed by atoms with Crippen LogP contribution in [0.4, 0.5) is 0 Å². The maximum Gasteiger partial charge on any atom is 0.323 e. The number of carbonyl (C=O) groups is 1. The third-order valence-corrected chi connectivity index (χ3v) is 5.07. The Hall–Kier alpha value is -2.24. The summed E-state index contributed by atoms with van der Waals surface area (Å²) in [6.45, 7) is 0.446. The number of imidazole rings is 2. The fourth-order valence-corrected chi connectivity index (χ4v) is 3.07. The summed E-state index contributed by atoms with van der Waals surface area (Å²) in [4.78, 5) is 20.9. The summed E-state index contributed by atoms with van der Waals surface area (Å²) in [7, 11) is 1.05. The zero-order valence-electron chi connectivity index (χ0n) is 13.7. The molecule has 0 radical (unpaired) electrons. The summed E-state index contributed by atoms with van der Waals surface area (Å²) < 4.78 is 28.2. The van der Waals surface area contributed by atoms with Crippen LogP contribution in [0.15, 0.2) is 24.8 Å². The number of aromatic nitrogens is 4. The van der Waals surface area contributed by atoms with E-state index in [4.69, 9.17) is 5.11 Å². The van der Waals surface area contributed by atoms with Gasteiger partial charge >= 0.3 is 16.2 Å². The molecular weight excluding hydrogens is 336 g/mol. The van der Waals surface area contributed by atoms with E-state index in [1.165, 1.54) is 37.3 Å². The molecule has 1 N–H and O–H groups in total. The number of hydrogen-bond donors (Lipinski definition) is 1. The van der Waals surface area contributed by atoms with Crippen molar-refractivity contribution in [1.29, 1.82) is 0 Å². The van der Waals surface area contributed by atoms with E-state index >= 15 is 0 Å². The Morgan fingerprint density at radius 2 is 1.71 bits per heavy atom. The molecule has 10 nitrogen and oxygen atoms in total. The molecule has 0 saturated heterocycles. The van der Waals surface area contributed by atoms with Crippen LogP contribution >= 0.6 is 0 Å². The van der Waals surface area contributed by atoms with Gasteiger partial charge in [0.25, 0.3) is 0 Å². The molecule has 0 saturated carbocycles. The molecule has 2 heterocycles. The van der Waals surface area contributed by atoms with Gasteiger partial charge in [0.15, 0.2) is 0 Å². The maximum atomic E-state index is 12.2. The summed E-state index contributed by atoms with van der Waals surface area (Å²) >= 11 is 0. The molecule has 132 valence electrons. The third kappa shape index (κ3) is 3.99. The van der Waals surface area contributed by atoms with Crippen LogP contribution in [0.3, 0.4) is 0 Å². The molecule has 11 heteroatoms. The van der Waals surface area contributed by atoms with Crippen molar-refractivity contribution in [2.45, 2.75) is 19.6 Å². The average Bonchev–Trinajstić information content (AvgIpc) is 3.08. The van der Waals surface area contributed by atoms with Crippen molar-refractivity contribution >= 4 is 16.2 Å². The van der Waals surface area contributed by atoms with Crippen LogP contribution in [-0.4, -0.2) is 68.3 Å². The molecule has 0 aliphatic rings. The van der Waals surface area contributed by atoms with Gasteiger partial charge in [0, 0.05) is 38.9 Å². The van der Waals surface area contributed by atoms with E-state index in [1.54, 1.807) is 13.2 Å². The Kier molecular flexibility index (Phi) is 5.36. The van der Waals surface area contributed by atoms with Crippen molar-refractivity contribution in [3.63, 3.8) is 0 Å². The molecule has 2 rings (SSSR count). The predicted molar refractivity (Wildman–Crippen MR) is 85.3 cm³/mol. The molecule has 0 aliphatic carbocycles. The van der Waals surface area contributed by atoms with Crippen molar-refractivity contribution < 1.29 is 18.3 Å². The number of aliphatic carboxylic acids is 1. The highest BCUT2D eigenvalue weighted by atomic mass is 32.2. The quantitative estimate of drug-likeness (QED) is 0.675. The van der Waals surface area contributed by atoms with Crippen molar-refractivity contribution in [2.24, 2.45) is 0 Å². The minimum absolute atomic E-state index is 0.174. The second-order valence-electron chi connectivity index (χ2n) is 5.47. The van der Waals surface area contributed by atoms with Crippen LogP contribution in [0.2, 0.25) is 0 Å². The molecule has 2 aromatic heterocycles. The van der Waals surface area contributed by atoms with Gasteiger partial charge in [-0.15, -0.1) is 0 Å². The van der Waals surface area contributed by atoms with Gasteiger partial charge in [0.1, 0.15) is 18.2 Å². The number of carboxylic acids is 1. The van der Waals surface area contributed by atoms with Crippen LogP contribution in [0.1, 0.15) is 11.6 Å². The van der Waals surface area contributed by atoms with E-state index in [1.807, 2.05) is 4.90 Å². The van der Waals surface area contributed by atoms with E-state index in [2.05, 4.69) is 9.97 Å². The molecule has 0 unspecified atom stereocenters. The summed E-state index contributed by atoms with van der Waals surface area (Å²) in [5, 5.41) is 8.88. The van der Waals surface area contributed by atoms with Gasteiger partial charge in [-0.25, -0.2) is 13.9 Å². The first-order chi connectivity index (χ1) is 11.2. The number of nitrogens with zero attached hydrogens (tertiary/aromatic N) is 6. The zero-order chi connectivity index (χ0) is 17.9. The molecule has 0 amide bonds. The van der Waals surface area contributed by atoms with Crippen LogP contribution in [0.5, 0.6) is 0 Å². The summed E-state index contributed by atoms with van der Waals surface area (Å²) in [6, 6.07) is 0. The lowest BCUT2D eigenvalue weighted by Crippen LogP contribution is -2.31. The highest BCUT2D eigenvalue weighted by molar-refractivity contribution is 7.87. The van der Waals surface area contributed by atoms with Gasteiger partial charge in [0.05, 0.1) is 13.1 Å². The average molecular weight is 356 g/mol. The minimum atomic E-state index is -3.63. The van der Waals surface area contributed by atoms with Gasteiger partial charge < -0.3 is 9.67 Å². The summed E-state index contributed by atoms with van der Waals surface area (Å²) in [5.41, 5.74) is 0. The second kappa shape index (κ2) is 7.11. The molecule has 2 aromatic rings. The second-order valence-corrected chi connectivity index (χ2v) is 7.49. The first-order valence-electron chi connectivity index (χ1n) is 7.07. The number of carboxylic acid groups (broad SMARTS) is 1. The van der Waals surface area contributed by atoms with Crippen molar-refractivity contribution in [1.82, 2.24) is 27.7 Å². The predicted octanol–water partition coefficient (Wildman–Crippen LogP) is -0.549. The van der Waals surface area contributed by atoms with Crippen LogP contribution in [0, 0.1) is 0 Å². The van der Waals surface area contributed by atoms with E-state index in [0.717, 1.165) is 8.28 Å². The molecular formula is C13H20N6O4S. The molecule has 0 atom stereocenters. The van der Waals surface area contributed by atoms with Crippen LogP contribution < -0.4 is 0 Å². The first-order valence-corrected chi connectivity index (χ1v) is 8.47. The van der Waals surface area contributed by atoms with Gasteiger partial charge in [0.2, 0.25) is 0 Å².